The van der Waals surface area contributed by atoms with Gasteiger partial charge in [0.2, 0.25) is 0 Å². The normalized spacial score (nSPS) is 11.8. The summed E-state index contributed by atoms with van der Waals surface area (Å²) in [6, 6.07) is 20.7. The molecule has 1 atom stereocenters. The monoisotopic (exact) mass is 403 g/mol. The van der Waals surface area contributed by atoms with Gasteiger partial charge in [-0.15, -0.1) is 0 Å². The Kier molecular flexibility index (Phi) is 8.20. The van der Waals surface area contributed by atoms with E-state index in [0.29, 0.717) is 13.0 Å². The fourth-order valence-electron chi connectivity index (χ4n) is 3.56. The van der Waals surface area contributed by atoms with E-state index >= 15 is 0 Å². The Labute approximate surface area is 179 Å². The van der Waals surface area contributed by atoms with Crippen LogP contribution >= 0.6 is 0 Å². The zero-order valence-corrected chi connectivity index (χ0v) is 17.7. The summed E-state index contributed by atoms with van der Waals surface area (Å²) in [5.74, 6) is 0.835. The first-order valence-corrected chi connectivity index (χ1v) is 10.7. The molecule has 0 aliphatic rings. The molecule has 0 spiro atoms. The summed E-state index contributed by atoms with van der Waals surface area (Å²) in [5.41, 5.74) is 5.75. The van der Waals surface area contributed by atoms with Crippen molar-refractivity contribution in [2.24, 2.45) is 0 Å². The molecule has 0 saturated heterocycles. The van der Waals surface area contributed by atoms with Gasteiger partial charge in [0.1, 0.15) is 12.4 Å². The van der Waals surface area contributed by atoms with Gasteiger partial charge in [-0.3, -0.25) is 4.98 Å². The molecule has 3 aromatic rings. The molecular weight excluding hydrogens is 373 g/mol. The highest BCUT2D eigenvalue weighted by atomic mass is 19.1. The van der Waals surface area contributed by atoms with E-state index in [2.05, 4.69) is 41.9 Å². The number of hydrogen-bond acceptors (Lipinski definition) is 2. The van der Waals surface area contributed by atoms with Crippen LogP contribution in [0.25, 0.3) is 22.4 Å². The van der Waals surface area contributed by atoms with Crippen molar-refractivity contribution in [3.63, 3.8) is 0 Å². The lowest BCUT2D eigenvalue weighted by atomic mass is 9.93. The number of benzene rings is 2. The molecule has 1 aromatic heterocycles. The van der Waals surface area contributed by atoms with Crippen LogP contribution in [0.1, 0.15) is 38.2 Å². The van der Waals surface area contributed by atoms with Crippen LogP contribution in [-0.2, 0) is 6.42 Å². The highest BCUT2D eigenvalue weighted by Crippen LogP contribution is 2.31. The topological polar surface area (TPSA) is 22.1 Å². The Morgan fingerprint density at radius 2 is 1.80 bits per heavy atom. The standard InChI is InChI=1S/C27H30FNO/c1-3-19-30-25-16-14-23(15-17-25)26-20-24(27-11-7-8-18-29-27)13-12-22(26)10-6-4-5-9-21(2)28/h3,7-8,11-18,20-21H,1,4-6,9-10,19H2,2H3. The zero-order valence-electron chi connectivity index (χ0n) is 17.7. The van der Waals surface area contributed by atoms with Gasteiger partial charge in [0.25, 0.3) is 0 Å². The lowest BCUT2D eigenvalue weighted by Gasteiger charge is -2.13. The van der Waals surface area contributed by atoms with E-state index in [0.717, 1.165) is 48.3 Å². The zero-order chi connectivity index (χ0) is 21.2. The van der Waals surface area contributed by atoms with Crippen LogP contribution in [0.5, 0.6) is 5.75 Å². The first-order valence-electron chi connectivity index (χ1n) is 10.7. The molecule has 2 nitrogen and oxygen atoms in total. The van der Waals surface area contributed by atoms with Crippen LogP contribution in [0, 0.1) is 0 Å². The molecule has 0 aliphatic carbocycles. The molecule has 0 N–H and O–H groups in total. The van der Waals surface area contributed by atoms with Crippen molar-refractivity contribution >= 4 is 0 Å². The van der Waals surface area contributed by atoms with Crippen molar-refractivity contribution in [1.82, 2.24) is 4.98 Å². The third-order valence-electron chi connectivity index (χ3n) is 5.15. The lowest BCUT2D eigenvalue weighted by Crippen LogP contribution is -1.96. The summed E-state index contributed by atoms with van der Waals surface area (Å²) >= 11 is 0. The Bertz CT molecular complexity index is 919. The maximum atomic E-state index is 13.0. The minimum atomic E-state index is -0.708. The predicted molar refractivity (Wildman–Crippen MR) is 124 cm³/mol. The molecule has 0 amide bonds. The van der Waals surface area contributed by atoms with Crippen LogP contribution in [-0.4, -0.2) is 17.8 Å². The number of rotatable bonds is 11. The molecule has 0 fully saturated rings. The maximum Gasteiger partial charge on any atom is 0.119 e. The van der Waals surface area contributed by atoms with E-state index in [1.807, 2.05) is 36.5 Å². The van der Waals surface area contributed by atoms with E-state index in [-0.39, 0.29) is 0 Å². The summed E-state index contributed by atoms with van der Waals surface area (Å²) < 4.78 is 18.7. The average Bonchev–Trinajstić information content (AvgIpc) is 2.78. The number of unbranched alkanes of at least 4 members (excludes halogenated alkanes) is 2. The van der Waals surface area contributed by atoms with Crippen LogP contribution < -0.4 is 4.74 Å². The molecule has 0 bridgehead atoms. The largest absolute Gasteiger partial charge is 0.490 e. The van der Waals surface area contributed by atoms with E-state index in [9.17, 15) is 4.39 Å². The Morgan fingerprint density at radius 3 is 2.50 bits per heavy atom. The first kappa shape index (κ1) is 21.8. The number of halogens is 1. The number of aryl methyl sites for hydroxylation is 1. The van der Waals surface area contributed by atoms with Crippen LogP contribution in [0.15, 0.2) is 79.5 Å². The van der Waals surface area contributed by atoms with Crippen LogP contribution in [0.4, 0.5) is 4.39 Å². The number of ether oxygens (including phenoxy) is 1. The molecule has 3 rings (SSSR count). The quantitative estimate of drug-likeness (QED) is 0.245. The van der Waals surface area contributed by atoms with E-state index < -0.39 is 6.17 Å². The van der Waals surface area contributed by atoms with Gasteiger partial charge >= 0.3 is 0 Å². The molecule has 30 heavy (non-hydrogen) atoms. The van der Waals surface area contributed by atoms with Crippen LogP contribution in [0.3, 0.4) is 0 Å². The van der Waals surface area contributed by atoms with E-state index in [1.165, 1.54) is 11.1 Å². The highest BCUT2D eigenvalue weighted by molar-refractivity contribution is 5.74. The summed E-state index contributed by atoms with van der Waals surface area (Å²) in [4.78, 5) is 4.50. The Hall–Kier alpha value is -2.94. The summed E-state index contributed by atoms with van der Waals surface area (Å²) in [6.07, 6.45) is 7.53. The summed E-state index contributed by atoms with van der Waals surface area (Å²) in [6.45, 7) is 5.82. The van der Waals surface area contributed by atoms with Gasteiger partial charge in [0, 0.05) is 11.8 Å². The average molecular weight is 404 g/mol. The van der Waals surface area contributed by atoms with Gasteiger partial charge < -0.3 is 4.74 Å². The minimum Gasteiger partial charge on any atom is -0.490 e. The van der Waals surface area contributed by atoms with E-state index in [4.69, 9.17) is 4.74 Å². The maximum absolute atomic E-state index is 13.0. The molecular formula is C27H30FNO. The molecule has 1 unspecified atom stereocenters. The fraction of sp³-hybridized carbons (Fsp3) is 0.296. The summed E-state index contributed by atoms with van der Waals surface area (Å²) in [5, 5.41) is 0. The Balaban J connectivity index is 1.83. The number of hydrogen-bond donors (Lipinski definition) is 0. The number of alkyl halides is 1. The second-order valence-electron chi connectivity index (χ2n) is 7.59. The van der Waals surface area contributed by atoms with Crippen molar-refractivity contribution in [2.45, 2.75) is 45.2 Å². The SMILES string of the molecule is C=CCOc1ccc(-c2cc(-c3ccccn3)ccc2CCCCCC(C)F)cc1. The van der Waals surface area contributed by atoms with Gasteiger partial charge in [-0.2, -0.15) is 0 Å². The van der Waals surface area contributed by atoms with Crippen molar-refractivity contribution in [2.75, 3.05) is 6.61 Å². The molecule has 0 radical (unpaired) electrons. The first-order chi connectivity index (χ1) is 14.7. The molecule has 3 heteroatoms. The van der Waals surface area contributed by atoms with Crippen LogP contribution in [0.2, 0.25) is 0 Å². The fourth-order valence-corrected chi connectivity index (χ4v) is 3.56. The number of aromatic nitrogens is 1. The third-order valence-corrected chi connectivity index (χ3v) is 5.15. The molecule has 156 valence electrons. The van der Waals surface area contributed by atoms with Crippen molar-refractivity contribution < 1.29 is 9.13 Å². The second kappa shape index (κ2) is 11.3. The van der Waals surface area contributed by atoms with Gasteiger partial charge in [0.15, 0.2) is 0 Å². The van der Waals surface area contributed by atoms with Crippen molar-refractivity contribution in [3.8, 4) is 28.1 Å². The molecule has 0 saturated carbocycles. The molecule has 2 aromatic carbocycles. The second-order valence-corrected chi connectivity index (χ2v) is 7.59. The predicted octanol–water partition coefficient (Wildman–Crippen LogP) is 7.44. The van der Waals surface area contributed by atoms with Crippen molar-refractivity contribution in [1.29, 1.82) is 0 Å². The van der Waals surface area contributed by atoms with E-state index in [1.54, 1.807) is 13.0 Å². The van der Waals surface area contributed by atoms with Gasteiger partial charge in [-0.1, -0.05) is 55.8 Å². The smallest absolute Gasteiger partial charge is 0.119 e. The highest BCUT2D eigenvalue weighted by Gasteiger charge is 2.09. The molecule has 1 heterocycles. The Morgan fingerprint density at radius 1 is 1.00 bits per heavy atom. The molecule has 0 aliphatic heterocycles. The third kappa shape index (κ3) is 6.28. The van der Waals surface area contributed by atoms with Crippen molar-refractivity contribution in [3.05, 3.63) is 85.1 Å². The van der Waals surface area contributed by atoms with Gasteiger partial charge in [-0.25, -0.2) is 4.39 Å². The number of pyridine rings is 1. The van der Waals surface area contributed by atoms with Gasteiger partial charge in [0.05, 0.1) is 11.9 Å². The number of nitrogens with zero attached hydrogens (tertiary/aromatic N) is 1. The van der Waals surface area contributed by atoms with Gasteiger partial charge in [-0.05, 0) is 73.2 Å². The minimum absolute atomic E-state index is 0.497. The lowest BCUT2D eigenvalue weighted by molar-refractivity contribution is 0.330. The summed E-state index contributed by atoms with van der Waals surface area (Å²) in [7, 11) is 0.